The lowest BCUT2D eigenvalue weighted by atomic mass is 9.83. The largest absolute Gasteiger partial charge is 0.673 e. The zero-order valence-electron chi connectivity index (χ0n) is 21.1. The summed E-state index contributed by atoms with van der Waals surface area (Å²) in [4.78, 5) is 0. The number of aryl methyl sites for hydroxylation is 1. The lowest BCUT2D eigenvalue weighted by molar-refractivity contribution is -0.676. The number of nitrogens with zero attached hydrogens (tertiary/aromatic N) is 1. The molecule has 1 aromatic heterocycles. The second kappa shape index (κ2) is 12.2. The Morgan fingerprint density at radius 3 is 1.92 bits per heavy atom. The number of halogens is 4. The van der Waals surface area contributed by atoms with Crippen LogP contribution in [0.2, 0.25) is 0 Å². The quantitative estimate of drug-likeness (QED) is 0.102. The third-order valence-electron chi connectivity index (χ3n) is 6.76. The molecule has 3 aromatic carbocycles. The van der Waals surface area contributed by atoms with Crippen LogP contribution in [0.3, 0.4) is 0 Å². The smallest absolute Gasteiger partial charge is 0.418 e. The standard InChI is InChI=1S/C31H32N.BF4/c1-2-3-4-13-22-32-30(26-17-9-6-10-18-26)23-29(24-14-7-5-8-15-24)28-21-20-25-16-11-12-19-27(25)31(28)32;2-1(3,4)5/h5-12,14-19,23H,2-4,13,20-22H2,1H3;/q+1;-1. The fraction of sp³-hybridized carbons (Fsp3) is 0.258. The highest BCUT2D eigenvalue weighted by Crippen LogP contribution is 2.39. The first-order valence-electron chi connectivity index (χ1n) is 13.0. The maximum Gasteiger partial charge on any atom is 0.673 e. The van der Waals surface area contributed by atoms with Crippen molar-refractivity contribution in [2.45, 2.75) is 52.0 Å². The van der Waals surface area contributed by atoms with Gasteiger partial charge < -0.3 is 17.3 Å². The summed E-state index contributed by atoms with van der Waals surface area (Å²) in [5.74, 6) is 0. The van der Waals surface area contributed by atoms with Crippen molar-refractivity contribution in [1.29, 1.82) is 0 Å². The molecule has 1 nitrogen and oxygen atoms in total. The van der Waals surface area contributed by atoms with Gasteiger partial charge in [0.25, 0.3) is 0 Å². The van der Waals surface area contributed by atoms with Gasteiger partial charge in [-0.3, -0.25) is 0 Å². The number of benzene rings is 3. The zero-order valence-corrected chi connectivity index (χ0v) is 21.1. The maximum absolute atomic E-state index is 9.75. The number of fused-ring (bicyclic) bond motifs is 3. The second-order valence-electron chi connectivity index (χ2n) is 9.37. The van der Waals surface area contributed by atoms with Crippen molar-refractivity contribution in [3.63, 3.8) is 0 Å². The van der Waals surface area contributed by atoms with Crippen LogP contribution in [0.25, 0.3) is 33.6 Å². The van der Waals surface area contributed by atoms with Gasteiger partial charge in [-0.05, 0) is 54.2 Å². The summed E-state index contributed by atoms with van der Waals surface area (Å²) in [6.45, 7) is 3.35. The SMILES string of the molecule is CCCCCC[n+]1c(-c2ccccc2)cc(-c2ccccc2)c2c1-c1ccccc1CC2.F[B-](F)(F)F. The molecule has 0 aliphatic heterocycles. The molecular formula is C31H32BF4N. The van der Waals surface area contributed by atoms with Crippen molar-refractivity contribution in [2.75, 3.05) is 0 Å². The summed E-state index contributed by atoms with van der Waals surface area (Å²) >= 11 is 0. The Kier molecular flexibility index (Phi) is 8.80. The average molecular weight is 505 g/mol. The number of unbranched alkanes of at least 4 members (excludes halogenated alkanes) is 3. The van der Waals surface area contributed by atoms with Crippen molar-refractivity contribution in [1.82, 2.24) is 0 Å². The van der Waals surface area contributed by atoms with Crippen LogP contribution >= 0.6 is 0 Å². The van der Waals surface area contributed by atoms with Crippen molar-refractivity contribution in [2.24, 2.45) is 0 Å². The Labute approximate surface area is 216 Å². The first-order valence-corrected chi connectivity index (χ1v) is 13.0. The Morgan fingerprint density at radius 2 is 1.27 bits per heavy atom. The number of hydrogen-bond acceptors (Lipinski definition) is 0. The lowest BCUT2D eigenvalue weighted by Crippen LogP contribution is -2.41. The van der Waals surface area contributed by atoms with E-state index in [1.807, 2.05) is 0 Å². The van der Waals surface area contributed by atoms with E-state index in [1.54, 1.807) is 0 Å². The van der Waals surface area contributed by atoms with Crippen LogP contribution in [0.4, 0.5) is 17.3 Å². The summed E-state index contributed by atoms with van der Waals surface area (Å²) < 4.78 is 41.6. The molecule has 0 saturated heterocycles. The zero-order chi connectivity index (χ0) is 26.3. The molecule has 37 heavy (non-hydrogen) atoms. The molecule has 192 valence electrons. The summed E-state index contributed by atoms with van der Waals surface area (Å²) in [5.41, 5.74) is 11.2. The van der Waals surface area contributed by atoms with Gasteiger partial charge in [-0.2, -0.15) is 4.57 Å². The van der Waals surface area contributed by atoms with E-state index in [0.717, 1.165) is 19.4 Å². The van der Waals surface area contributed by atoms with Gasteiger partial charge in [0.2, 0.25) is 11.4 Å². The van der Waals surface area contributed by atoms with E-state index in [2.05, 4.69) is 102 Å². The molecule has 0 atom stereocenters. The third kappa shape index (κ3) is 6.88. The first-order chi connectivity index (χ1) is 17.9. The van der Waals surface area contributed by atoms with Gasteiger partial charge in [0.05, 0.1) is 0 Å². The Hall–Kier alpha value is -3.41. The molecule has 1 heterocycles. The van der Waals surface area contributed by atoms with E-state index >= 15 is 0 Å². The minimum absolute atomic E-state index is 1.07. The van der Waals surface area contributed by atoms with Gasteiger partial charge in [-0.15, -0.1) is 0 Å². The highest BCUT2D eigenvalue weighted by molar-refractivity contribution is 6.50. The fourth-order valence-corrected chi connectivity index (χ4v) is 5.16. The molecule has 1 aliphatic carbocycles. The van der Waals surface area contributed by atoms with Crippen LogP contribution in [-0.2, 0) is 19.4 Å². The summed E-state index contributed by atoms with van der Waals surface area (Å²) in [6, 6.07) is 33.4. The van der Waals surface area contributed by atoms with Crippen molar-refractivity contribution >= 4 is 7.25 Å². The molecule has 0 unspecified atom stereocenters. The minimum Gasteiger partial charge on any atom is -0.418 e. The molecule has 1 aliphatic rings. The first kappa shape index (κ1) is 26.7. The summed E-state index contributed by atoms with van der Waals surface area (Å²) in [6.07, 6.45) is 7.29. The van der Waals surface area contributed by atoms with Gasteiger partial charge in [0.15, 0.2) is 0 Å². The van der Waals surface area contributed by atoms with E-state index in [-0.39, 0.29) is 0 Å². The number of aromatic nitrogens is 1. The van der Waals surface area contributed by atoms with E-state index < -0.39 is 7.25 Å². The van der Waals surface area contributed by atoms with Gasteiger partial charge in [-0.25, -0.2) is 0 Å². The minimum atomic E-state index is -6.00. The van der Waals surface area contributed by atoms with Crippen LogP contribution in [0, 0.1) is 0 Å². The van der Waals surface area contributed by atoms with E-state index in [1.165, 1.54) is 70.5 Å². The van der Waals surface area contributed by atoms with E-state index in [0.29, 0.717) is 0 Å². The molecule has 0 bridgehead atoms. The molecular weight excluding hydrogens is 473 g/mol. The van der Waals surface area contributed by atoms with Crippen molar-refractivity contribution in [3.05, 3.63) is 102 Å². The Morgan fingerprint density at radius 1 is 0.676 bits per heavy atom. The fourth-order valence-electron chi connectivity index (χ4n) is 5.16. The predicted molar refractivity (Wildman–Crippen MR) is 145 cm³/mol. The van der Waals surface area contributed by atoms with E-state index in [9.17, 15) is 17.3 Å². The molecule has 6 heteroatoms. The van der Waals surface area contributed by atoms with Gasteiger partial charge in [-0.1, -0.05) is 86.5 Å². The molecule has 0 saturated carbocycles. The number of pyridine rings is 1. The van der Waals surface area contributed by atoms with Crippen LogP contribution in [0.15, 0.2) is 91.0 Å². The normalized spacial score (nSPS) is 12.2. The van der Waals surface area contributed by atoms with Crippen molar-refractivity contribution < 1.29 is 21.8 Å². The summed E-state index contributed by atoms with van der Waals surface area (Å²) in [5, 5.41) is 0. The molecule has 0 fully saturated rings. The molecule has 0 N–H and O–H groups in total. The highest BCUT2D eigenvalue weighted by atomic mass is 19.5. The topological polar surface area (TPSA) is 3.88 Å². The van der Waals surface area contributed by atoms with E-state index in [4.69, 9.17) is 0 Å². The summed E-state index contributed by atoms with van der Waals surface area (Å²) in [7, 11) is -6.00. The average Bonchev–Trinajstić information content (AvgIpc) is 2.90. The molecule has 0 radical (unpaired) electrons. The maximum atomic E-state index is 9.75. The molecule has 5 rings (SSSR count). The molecule has 0 spiro atoms. The van der Waals surface area contributed by atoms with Crippen LogP contribution < -0.4 is 4.57 Å². The molecule has 0 amide bonds. The lowest BCUT2D eigenvalue weighted by Gasteiger charge is -2.23. The molecule has 4 aromatic rings. The van der Waals surface area contributed by atoms with Crippen LogP contribution in [0.1, 0.15) is 43.7 Å². The van der Waals surface area contributed by atoms with Crippen LogP contribution in [0.5, 0.6) is 0 Å². The predicted octanol–water partition coefficient (Wildman–Crippen LogP) is 8.95. The number of hydrogen-bond donors (Lipinski definition) is 0. The number of rotatable bonds is 7. The van der Waals surface area contributed by atoms with Crippen LogP contribution in [-0.4, -0.2) is 7.25 Å². The second-order valence-corrected chi connectivity index (χ2v) is 9.37. The van der Waals surface area contributed by atoms with Gasteiger partial charge in [0.1, 0.15) is 6.54 Å². The monoisotopic (exact) mass is 505 g/mol. The third-order valence-corrected chi connectivity index (χ3v) is 6.76. The van der Waals surface area contributed by atoms with Crippen molar-refractivity contribution in [3.8, 4) is 33.6 Å². The Bertz CT molecular complexity index is 1300. The van der Waals surface area contributed by atoms with Gasteiger partial charge in [0, 0.05) is 29.2 Å². The van der Waals surface area contributed by atoms with Gasteiger partial charge >= 0.3 is 7.25 Å². The highest BCUT2D eigenvalue weighted by Gasteiger charge is 2.31. The Balaban J connectivity index is 0.000000586.